The summed E-state index contributed by atoms with van der Waals surface area (Å²) in [6.45, 7) is 4.60. The zero-order valence-corrected chi connectivity index (χ0v) is 16.1. The number of nitrogens with zero attached hydrogens (tertiary/aromatic N) is 4. The highest BCUT2D eigenvalue weighted by Gasteiger charge is 2.13. The summed E-state index contributed by atoms with van der Waals surface area (Å²) >= 11 is 0. The zero-order chi connectivity index (χ0) is 19.3. The molecule has 1 aromatic carbocycles. The molecule has 3 heterocycles. The number of fused-ring (bicyclic) bond motifs is 1. The average molecular weight is 383 g/mol. The van der Waals surface area contributed by atoms with Crippen molar-refractivity contribution in [3.8, 4) is 6.01 Å². The Balaban J connectivity index is 1.50. The SMILES string of the molecule is COCCOc1ncc2[nH]c(=O)n(Cc3ccc(CN4CCCC4)cc3)c2n1. The van der Waals surface area contributed by atoms with Crippen molar-refractivity contribution in [2.75, 3.05) is 33.4 Å². The molecule has 0 saturated carbocycles. The van der Waals surface area contributed by atoms with E-state index in [1.165, 1.54) is 31.5 Å². The van der Waals surface area contributed by atoms with Gasteiger partial charge in [-0.3, -0.25) is 9.47 Å². The molecule has 8 heteroatoms. The molecular weight excluding hydrogens is 358 g/mol. The molecular formula is C20H25N5O3. The molecule has 1 N–H and O–H groups in total. The second-order valence-electron chi connectivity index (χ2n) is 7.05. The highest BCUT2D eigenvalue weighted by atomic mass is 16.5. The van der Waals surface area contributed by atoms with Gasteiger partial charge in [-0.2, -0.15) is 4.98 Å². The number of aromatic nitrogens is 4. The molecule has 3 aromatic rings. The van der Waals surface area contributed by atoms with E-state index in [4.69, 9.17) is 9.47 Å². The third-order valence-corrected chi connectivity index (χ3v) is 4.98. The van der Waals surface area contributed by atoms with E-state index in [-0.39, 0.29) is 11.7 Å². The molecule has 1 fully saturated rings. The fourth-order valence-corrected chi connectivity index (χ4v) is 3.49. The first-order chi connectivity index (χ1) is 13.7. The van der Waals surface area contributed by atoms with Gasteiger partial charge in [0.15, 0.2) is 5.65 Å². The molecule has 0 amide bonds. The average Bonchev–Trinajstić information content (AvgIpc) is 3.32. The number of aromatic amines is 1. The molecule has 0 atom stereocenters. The number of H-pyrrole nitrogens is 1. The number of methoxy groups -OCH3 is 1. The quantitative estimate of drug-likeness (QED) is 0.597. The van der Waals surface area contributed by atoms with E-state index < -0.39 is 0 Å². The first-order valence-electron chi connectivity index (χ1n) is 9.60. The number of benzene rings is 1. The summed E-state index contributed by atoms with van der Waals surface area (Å²) in [5, 5.41) is 0. The van der Waals surface area contributed by atoms with Gasteiger partial charge in [0.05, 0.1) is 19.3 Å². The molecule has 0 unspecified atom stereocenters. The summed E-state index contributed by atoms with van der Waals surface area (Å²) in [6, 6.07) is 8.67. The van der Waals surface area contributed by atoms with Crippen LogP contribution in [0.25, 0.3) is 11.2 Å². The highest BCUT2D eigenvalue weighted by molar-refractivity contribution is 5.69. The van der Waals surface area contributed by atoms with Crippen molar-refractivity contribution in [2.24, 2.45) is 0 Å². The first-order valence-corrected chi connectivity index (χ1v) is 9.60. The molecule has 4 rings (SSSR count). The van der Waals surface area contributed by atoms with Crippen LogP contribution in [0.2, 0.25) is 0 Å². The predicted octanol–water partition coefficient (Wildman–Crippen LogP) is 1.79. The lowest BCUT2D eigenvalue weighted by Crippen LogP contribution is -2.19. The Kier molecular flexibility index (Phi) is 5.68. The van der Waals surface area contributed by atoms with Crippen LogP contribution in [0, 0.1) is 0 Å². The van der Waals surface area contributed by atoms with Gasteiger partial charge < -0.3 is 14.5 Å². The lowest BCUT2D eigenvalue weighted by molar-refractivity contribution is 0.141. The van der Waals surface area contributed by atoms with Crippen molar-refractivity contribution in [1.82, 2.24) is 24.4 Å². The maximum Gasteiger partial charge on any atom is 0.328 e. The maximum absolute atomic E-state index is 12.4. The van der Waals surface area contributed by atoms with Gasteiger partial charge in [-0.1, -0.05) is 24.3 Å². The minimum atomic E-state index is -0.209. The van der Waals surface area contributed by atoms with Crippen LogP contribution in [0.1, 0.15) is 24.0 Å². The first kappa shape index (κ1) is 18.6. The Morgan fingerprint density at radius 3 is 2.50 bits per heavy atom. The van der Waals surface area contributed by atoms with Gasteiger partial charge in [-0.15, -0.1) is 0 Å². The Morgan fingerprint density at radius 1 is 1.07 bits per heavy atom. The molecule has 1 aliphatic rings. The highest BCUT2D eigenvalue weighted by Crippen LogP contribution is 2.15. The Morgan fingerprint density at radius 2 is 1.79 bits per heavy atom. The van der Waals surface area contributed by atoms with Crippen molar-refractivity contribution in [1.29, 1.82) is 0 Å². The van der Waals surface area contributed by atoms with Crippen LogP contribution in [0.3, 0.4) is 0 Å². The van der Waals surface area contributed by atoms with E-state index in [0.29, 0.717) is 30.9 Å². The molecule has 0 bridgehead atoms. The molecule has 1 aliphatic heterocycles. The van der Waals surface area contributed by atoms with Crippen molar-refractivity contribution in [3.05, 3.63) is 52.1 Å². The van der Waals surface area contributed by atoms with Crippen LogP contribution in [-0.2, 0) is 17.8 Å². The standard InChI is InChI=1S/C20H25N5O3/c1-27-10-11-28-19-21-12-17-18(23-19)25(20(26)22-17)14-16-6-4-15(5-7-16)13-24-8-2-3-9-24/h4-7,12H,2-3,8-11,13-14H2,1H3,(H,22,26). The van der Waals surface area contributed by atoms with Crippen molar-refractivity contribution in [3.63, 3.8) is 0 Å². The lowest BCUT2D eigenvalue weighted by Gasteiger charge is -2.14. The number of likely N-dealkylation sites (tertiary alicyclic amines) is 1. The predicted molar refractivity (Wildman–Crippen MR) is 106 cm³/mol. The van der Waals surface area contributed by atoms with Crippen molar-refractivity contribution < 1.29 is 9.47 Å². The summed E-state index contributed by atoms with van der Waals surface area (Å²) in [5.41, 5.74) is 3.27. The summed E-state index contributed by atoms with van der Waals surface area (Å²) < 4.78 is 12.0. The van der Waals surface area contributed by atoms with Crippen LogP contribution in [0.15, 0.2) is 35.3 Å². The Hall–Kier alpha value is -2.71. The number of imidazole rings is 1. The lowest BCUT2D eigenvalue weighted by atomic mass is 10.1. The summed E-state index contributed by atoms with van der Waals surface area (Å²) in [5.74, 6) is 0. The van der Waals surface area contributed by atoms with Gasteiger partial charge >= 0.3 is 11.7 Å². The van der Waals surface area contributed by atoms with Crippen LogP contribution in [0.5, 0.6) is 6.01 Å². The second-order valence-corrected chi connectivity index (χ2v) is 7.05. The number of hydrogen-bond donors (Lipinski definition) is 1. The third-order valence-electron chi connectivity index (χ3n) is 4.98. The molecule has 8 nitrogen and oxygen atoms in total. The van der Waals surface area contributed by atoms with Gasteiger partial charge in [0.1, 0.15) is 12.1 Å². The summed E-state index contributed by atoms with van der Waals surface area (Å²) in [6.07, 6.45) is 4.16. The van der Waals surface area contributed by atoms with Gasteiger partial charge in [0, 0.05) is 13.7 Å². The topological polar surface area (TPSA) is 85.3 Å². The number of ether oxygens (including phenoxy) is 2. The number of rotatable bonds is 8. The van der Waals surface area contributed by atoms with Crippen molar-refractivity contribution >= 4 is 11.2 Å². The van der Waals surface area contributed by atoms with E-state index in [0.717, 1.165) is 12.1 Å². The molecule has 28 heavy (non-hydrogen) atoms. The molecule has 1 saturated heterocycles. The van der Waals surface area contributed by atoms with Crippen LogP contribution in [0.4, 0.5) is 0 Å². The molecule has 0 spiro atoms. The smallest absolute Gasteiger partial charge is 0.328 e. The molecule has 0 aliphatic carbocycles. The van der Waals surface area contributed by atoms with Crippen LogP contribution < -0.4 is 10.4 Å². The minimum Gasteiger partial charge on any atom is -0.461 e. The van der Waals surface area contributed by atoms with E-state index in [9.17, 15) is 4.79 Å². The van der Waals surface area contributed by atoms with E-state index in [1.807, 2.05) is 0 Å². The van der Waals surface area contributed by atoms with E-state index in [2.05, 4.69) is 44.1 Å². The molecule has 148 valence electrons. The van der Waals surface area contributed by atoms with E-state index in [1.54, 1.807) is 17.9 Å². The fourth-order valence-electron chi connectivity index (χ4n) is 3.49. The maximum atomic E-state index is 12.4. The summed E-state index contributed by atoms with van der Waals surface area (Å²) in [4.78, 5) is 26.2. The van der Waals surface area contributed by atoms with Gasteiger partial charge in [-0.05, 0) is 37.1 Å². The van der Waals surface area contributed by atoms with Gasteiger partial charge in [0.25, 0.3) is 0 Å². The van der Waals surface area contributed by atoms with Crippen LogP contribution in [-0.4, -0.2) is 57.8 Å². The van der Waals surface area contributed by atoms with Crippen LogP contribution >= 0.6 is 0 Å². The fraction of sp³-hybridized carbons (Fsp3) is 0.450. The normalized spacial score (nSPS) is 14.8. The summed E-state index contributed by atoms with van der Waals surface area (Å²) in [7, 11) is 1.60. The van der Waals surface area contributed by atoms with Crippen molar-refractivity contribution in [2.45, 2.75) is 25.9 Å². The minimum absolute atomic E-state index is 0.209. The Labute approximate surface area is 163 Å². The van der Waals surface area contributed by atoms with Gasteiger partial charge in [0.2, 0.25) is 0 Å². The number of nitrogens with one attached hydrogen (secondary N) is 1. The number of hydrogen-bond acceptors (Lipinski definition) is 6. The monoisotopic (exact) mass is 383 g/mol. The van der Waals surface area contributed by atoms with Gasteiger partial charge in [-0.25, -0.2) is 9.78 Å². The third kappa shape index (κ3) is 4.23. The molecule has 2 aromatic heterocycles. The zero-order valence-electron chi connectivity index (χ0n) is 16.1. The second kappa shape index (κ2) is 8.53. The van der Waals surface area contributed by atoms with E-state index >= 15 is 0 Å². The molecule has 0 radical (unpaired) electrons. The Bertz CT molecular complexity index is 974. The largest absolute Gasteiger partial charge is 0.461 e.